The first kappa shape index (κ1) is 12.6. The molecule has 4 N–H and O–H groups in total. The van der Waals surface area contributed by atoms with Crippen LogP contribution in [0.3, 0.4) is 0 Å². The Morgan fingerprint density at radius 1 is 1.43 bits per heavy atom. The lowest BCUT2D eigenvalue weighted by molar-refractivity contribution is -0.143. The van der Waals surface area contributed by atoms with E-state index in [0.29, 0.717) is 0 Å². The fraction of sp³-hybridized carbons (Fsp3) is 0.625. The molecule has 14 heavy (non-hydrogen) atoms. The van der Waals surface area contributed by atoms with Gasteiger partial charge in [-0.15, -0.1) is 0 Å². The third kappa shape index (κ3) is 5.26. The van der Waals surface area contributed by atoms with Crippen LogP contribution in [0.15, 0.2) is 0 Å². The lowest BCUT2D eigenvalue weighted by Gasteiger charge is -2.11. The van der Waals surface area contributed by atoms with E-state index in [1.54, 1.807) is 0 Å². The Morgan fingerprint density at radius 3 is 2.36 bits per heavy atom. The zero-order valence-corrected chi connectivity index (χ0v) is 7.95. The summed E-state index contributed by atoms with van der Waals surface area (Å²) in [4.78, 5) is 32.2. The van der Waals surface area contributed by atoms with Crippen LogP contribution in [0.4, 0.5) is 0 Å². The van der Waals surface area contributed by atoms with Gasteiger partial charge in [-0.25, -0.2) is 4.79 Å². The second kappa shape index (κ2) is 6.09. The molecule has 0 aromatic carbocycles. The van der Waals surface area contributed by atoms with Crippen molar-refractivity contribution in [1.82, 2.24) is 5.32 Å². The molecule has 0 aliphatic rings. The molecule has 0 rings (SSSR count). The summed E-state index contributed by atoms with van der Waals surface area (Å²) in [5, 5.41) is 10.8. The monoisotopic (exact) mass is 202 g/mol. The number of nitrogens with two attached hydrogens (primary N) is 1. The zero-order valence-electron chi connectivity index (χ0n) is 7.95. The van der Waals surface area contributed by atoms with Crippen LogP contribution in [-0.4, -0.2) is 35.4 Å². The summed E-state index contributed by atoms with van der Waals surface area (Å²) in [6.07, 6.45) is -0.0878. The highest BCUT2D eigenvalue weighted by Gasteiger charge is 2.21. The van der Waals surface area contributed by atoms with Gasteiger partial charge in [-0.05, 0) is 6.54 Å². The first-order valence-corrected chi connectivity index (χ1v) is 4.19. The van der Waals surface area contributed by atoms with Gasteiger partial charge in [-0.3, -0.25) is 9.59 Å². The van der Waals surface area contributed by atoms with Gasteiger partial charge in [-0.1, -0.05) is 0 Å². The van der Waals surface area contributed by atoms with Gasteiger partial charge in [0.25, 0.3) is 0 Å². The summed E-state index contributed by atoms with van der Waals surface area (Å²) in [5.41, 5.74) is 5.13. The van der Waals surface area contributed by atoms with Crippen molar-refractivity contribution in [3.63, 3.8) is 0 Å². The van der Waals surface area contributed by atoms with E-state index >= 15 is 0 Å². The van der Waals surface area contributed by atoms with Gasteiger partial charge in [-0.2, -0.15) is 0 Å². The number of hydrogen-bond acceptors (Lipinski definition) is 4. The second-order valence-electron chi connectivity index (χ2n) is 2.87. The highest BCUT2D eigenvalue weighted by molar-refractivity contribution is 5.88. The number of carbonyl (C=O) groups is 3. The number of amides is 1. The van der Waals surface area contributed by atoms with E-state index in [1.165, 1.54) is 6.92 Å². The minimum atomic E-state index is -1.22. The summed E-state index contributed by atoms with van der Waals surface area (Å²) in [6.45, 7) is 1.38. The molecule has 0 unspecified atom stereocenters. The Labute approximate surface area is 81.5 Å². The minimum absolute atomic E-state index is 0.128. The molecular weight excluding hydrogens is 188 g/mol. The number of carboxylic acids is 1. The molecule has 0 aliphatic heterocycles. The largest absolute Gasteiger partial charge is 0.480 e. The number of nitrogens with one attached hydrogen (secondary N) is 1. The van der Waals surface area contributed by atoms with Gasteiger partial charge >= 0.3 is 5.97 Å². The Hall–Kier alpha value is -1.43. The van der Waals surface area contributed by atoms with E-state index in [1.807, 2.05) is 0 Å². The van der Waals surface area contributed by atoms with Crippen molar-refractivity contribution in [3.05, 3.63) is 0 Å². The number of rotatable bonds is 6. The smallest absolute Gasteiger partial charge is 0.326 e. The first-order valence-electron chi connectivity index (χ1n) is 4.19. The number of carbonyl (C=O) groups excluding carboxylic acids is 2. The van der Waals surface area contributed by atoms with E-state index in [-0.39, 0.29) is 25.2 Å². The molecule has 0 fully saturated rings. The molecule has 6 heteroatoms. The van der Waals surface area contributed by atoms with Crippen LogP contribution in [-0.2, 0) is 14.4 Å². The van der Waals surface area contributed by atoms with E-state index in [2.05, 4.69) is 5.32 Å². The zero-order chi connectivity index (χ0) is 11.1. The average Bonchev–Trinajstić information content (AvgIpc) is 2.02. The van der Waals surface area contributed by atoms with E-state index in [0.717, 1.165) is 0 Å². The number of carboxylic acid groups (broad SMARTS) is 1. The van der Waals surface area contributed by atoms with Crippen molar-refractivity contribution in [3.8, 4) is 0 Å². The lowest BCUT2D eigenvalue weighted by atomic mass is 10.1. The normalized spacial score (nSPS) is 11.9. The van der Waals surface area contributed by atoms with Crippen LogP contribution in [0.1, 0.15) is 19.8 Å². The maximum Gasteiger partial charge on any atom is 0.326 e. The Balaban J connectivity index is 4.16. The van der Waals surface area contributed by atoms with Crippen LogP contribution >= 0.6 is 0 Å². The molecule has 1 amide bonds. The third-order valence-electron chi connectivity index (χ3n) is 1.53. The molecular formula is C8H14N2O4. The fourth-order valence-corrected chi connectivity index (χ4v) is 0.936. The second-order valence-corrected chi connectivity index (χ2v) is 2.87. The van der Waals surface area contributed by atoms with Gasteiger partial charge < -0.3 is 16.2 Å². The summed E-state index contributed by atoms with van der Waals surface area (Å²) >= 11 is 0. The molecule has 0 aliphatic carbocycles. The molecule has 0 bridgehead atoms. The van der Waals surface area contributed by atoms with Crippen LogP contribution in [0.25, 0.3) is 0 Å². The molecule has 0 aromatic heterocycles. The Bertz CT molecular complexity index is 239. The molecule has 1 atom stereocenters. The molecule has 0 saturated heterocycles. The molecule has 0 spiro atoms. The molecule has 0 aromatic rings. The van der Waals surface area contributed by atoms with Gasteiger partial charge in [0.15, 0.2) is 0 Å². The van der Waals surface area contributed by atoms with Crippen molar-refractivity contribution in [2.45, 2.75) is 25.8 Å². The fourth-order valence-electron chi connectivity index (χ4n) is 0.936. The summed E-state index contributed by atoms with van der Waals surface area (Å²) in [7, 11) is 0. The number of hydrogen-bond donors (Lipinski definition) is 3. The quantitative estimate of drug-likeness (QED) is 0.505. The van der Waals surface area contributed by atoms with Gasteiger partial charge in [0, 0.05) is 19.8 Å². The molecule has 80 valence electrons. The number of aliphatic carboxylic acids is 1. The van der Waals surface area contributed by atoms with E-state index in [4.69, 9.17) is 10.8 Å². The molecule has 6 nitrogen and oxygen atoms in total. The highest BCUT2D eigenvalue weighted by Crippen LogP contribution is 1.96. The minimum Gasteiger partial charge on any atom is -0.480 e. The van der Waals surface area contributed by atoms with Gasteiger partial charge in [0.1, 0.15) is 11.8 Å². The predicted octanol–water partition coefficient (Wildman–Crippen LogP) is -1.12. The summed E-state index contributed by atoms with van der Waals surface area (Å²) in [5.74, 6) is -1.96. The van der Waals surface area contributed by atoms with Crippen molar-refractivity contribution < 1.29 is 19.5 Å². The van der Waals surface area contributed by atoms with Crippen molar-refractivity contribution in [2.24, 2.45) is 5.73 Å². The molecule has 0 radical (unpaired) electrons. The number of ketones is 1. The van der Waals surface area contributed by atoms with Gasteiger partial charge in [0.2, 0.25) is 5.91 Å². The van der Waals surface area contributed by atoms with Crippen molar-refractivity contribution in [1.29, 1.82) is 0 Å². The van der Waals surface area contributed by atoms with E-state index in [9.17, 15) is 14.4 Å². The van der Waals surface area contributed by atoms with Crippen LogP contribution in [0.2, 0.25) is 0 Å². The molecule has 0 heterocycles. The maximum atomic E-state index is 11.0. The maximum absolute atomic E-state index is 11.0. The first-order chi connectivity index (χ1) is 6.47. The highest BCUT2D eigenvalue weighted by atomic mass is 16.4. The topological polar surface area (TPSA) is 109 Å². The number of Topliss-reactive ketones (excluding diaryl/α,β-unsaturated/α-hetero) is 1. The predicted molar refractivity (Wildman–Crippen MR) is 48.5 cm³/mol. The van der Waals surface area contributed by atoms with E-state index < -0.39 is 17.9 Å². The van der Waals surface area contributed by atoms with Crippen LogP contribution in [0.5, 0.6) is 0 Å². The van der Waals surface area contributed by atoms with Crippen LogP contribution < -0.4 is 11.1 Å². The Kier molecular flexibility index (Phi) is 5.47. The Morgan fingerprint density at radius 2 is 2.00 bits per heavy atom. The van der Waals surface area contributed by atoms with Crippen molar-refractivity contribution >= 4 is 17.7 Å². The average molecular weight is 202 g/mol. The molecule has 0 saturated carbocycles. The van der Waals surface area contributed by atoms with Gasteiger partial charge in [0.05, 0.1) is 0 Å². The van der Waals surface area contributed by atoms with Crippen LogP contribution in [0, 0.1) is 0 Å². The third-order valence-corrected chi connectivity index (χ3v) is 1.53. The van der Waals surface area contributed by atoms with Crippen molar-refractivity contribution in [2.75, 3.05) is 6.54 Å². The SMILES string of the molecule is CC(=O)N[C@@H](CC(=O)CCN)C(=O)O. The lowest BCUT2D eigenvalue weighted by Crippen LogP contribution is -2.41. The standard InChI is InChI=1S/C8H14N2O4/c1-5(11)10-7(8(13)14)4-6(12)2-3-9/h7H,2-4,9H2,1H3,(H,10,11)(H,13,14)/t7-/m0/s1. The summed E-state index contributed by atoms with van der Waals surface area (Å²) in [6, 6.07) is -1.15. The summed E-state index contributed by atoms with van der Waals surface area (Å²) < 4.78 is 0.